The van der Waals surface area contributed by atoms with Crippen molar-refractivity contribution in [2.75, 3.05) is 19.6 Å². The van der Waals surface area contributed by atoms with Gasteiger partial charge in [-0.1, -0.05) is 12.7 Å². The molecule has 0 radical (unpaired) electrons. The van der Waals surface area contributed by atoms with Crippen LogP contribution in [-0.4, -0.2) is 25.5 Å². The van der Waals surface area contributed by atoms with Gasteiger partial charge in [-0.2, -0.15) is 0 Å². The minimum atomic E-state index is 1.00. The van der Waals surface area contributed by atoms with E-state index in [-0.39, 0.29) is 0 Å². The molecule has 64 valence electrons. The van der Waals surface area contributed by atoms with Crippen molar-refractivity contribution in [3.63, 3.8) is 0 Å². The second-order valence-corrected chi connectivity index (χ2v) is 3.04. The molecule has 0 aromatic heterocycles. The van der Waals surface area contributed by atoms with E-state index < -0.39 is 0 Å². The summed E-state index contributed by atoms with van der Waals surface area (Å²) in [5.74, 6) is 1.08. The number of rotatable bonds is 2. The standard InChI is InChI=1S/C9H13N3/c1-7(8-3-2-4-10-8)9-11-5-6-12-9/h3,10H,1-2,4-6H2,(H,11,12)/p+1. The van der Waals surface area contributed by atoms with Crippen LogP contribution in [0.5, 0.6) is 0 Å². The van der Waals surface area contributed by atoms with Crippen molar-refractivity contribution in [3.05, 3.63) is 23.9 Å². The Kier molecular flexibility index (Phi) is 1.86. The van der Waals surface area contributed by atoms with Gasteiger partial charge in [-0.3, -0.25) is 10.3 Å². The van der Waals surface area contributed by atoms with Crippen LogP contribution in [0.25, 0.3) is 0 Å². The number of hydrogen-bond acceptors (Lipinski definition) is 2. The molecular weight excluding hydrogens is 150 g/mol. The lowest BCUT2D eigenvalue weighted by Gasteiger charge is -2.03. The summed E-state index contributed by atoms with van der Waals surface area (Å²) < 4.78 is 0. The molecule has 0 aliphatic carbocycles. The molecule has 3 N–H and O–H groups in total. The first-order valence-electron chi connectivity index (χ1n) is 4.36. The van der Waals surface area contributed by atoms with E-state index in [0.717, 1.165) is 37.5 Å². The van der Waals surface area contributed by atoms with E-state index in [1.807, 2.05) is 0 Å². The van der Waals surface area contributed by atoms with Gasteiger partial charge in [-0.25, -0.2) is 0 Å². The maximum Gasteiger partial charge on any atom is 0.276 e. The summed E-state index contributed by atoms with van der Waals surface area (Å²) in [4.78, 5) is 3.26. The third kappa shape index (κ3) is 1.22. The number of hydrogen-bond donors (Lipinski definition) is 3. The third-order valence-corrected chi connectivity index (χ3v) is 2.16. The average Bonchev–Trinajstić information content (AvgIpc) is 2.77. The molecule has 0 bridgehead atoms. The average molecular weight is 164 g/mol. The molecule has 0 aromatic rings. The molecule has 0 fully saturated rings. The van der Waals surface area contributed by atoms with Gasteiger partial charge < -0.3 is 5.32 Å². The molecule has 2 aliphatic rings. The van der Waals surface area contributed by atoms with Gasteiger partial charge >= 0.3 is 0 Å². The highest BCUT2D eigenvalue weighted by Crippen LogP contribution is 2.09. The predicted octanol–water partition coefficient (Wildman–Crippen LogP) is -1.50. The Balaban J connectivity index is 2.08. The van der Waals surface area contributed by atoms with Crippen LogP contribution >= 0.6 is 0 Å². The van der Waals surface area contributed by atoms with Crippen molar-refractivity contribution in [3.8, 4) is 0 Å². The lowest BCUT2D eigenvalue weighted by atomic mass is 10.2. The van der Waals surface area contributed by atoms with Crippen molar-refractivity contribution in [2.45, 2.75) is 6.42 Å². The van der Waals surface area contributed by atoms with Gasteiger partial charge in [0.2, 0.25) is 0 Å². The van der Waals surface area contributed by atoms with Crippen molar-refractivity contribution in [1.82, 2.24) is 10.6 Å². The van der Waals surface area contributed by atoms with Gasteiger partial charge in [-0.15, -0.1) is 0 Å². The summed E-state index contributed by atoms with van der Waals surface area (Å²) >= 11 is 0. The Morgan fingerprint density at radius 3 is 2.92 bits per heavy atom. The normalized spacial score (nSPS) is 21.0. The monoisotopic (exact) mass is 164 g/mol. The summed E-state index contributed by atoms with van der Waals surface area (Å²) in [5.41, 5.74) is 2.23. The van der Waals surface area contributed by atoms with Gasteiger partial charge in [-0.05, 0) is 6.42 Å². The van der Waals surface area contributed by atoms with Gasteiger partial charge in [0, 0.05) is 12.2 Å². The third-order valence-electron chi connectivity index (χ3n) is 2.16. The zero-order chi connectivity index (χ0) is 8.39. The number of amidine groups is 1. The predicted molar refractivity (Wildman–Crippen MR) is 48.7 cm³/mol. The molecule has 12 heavy (non-hydrogen) atoms. The van der Waals surface area contributed by atoms with Gasteiger partial charge in [0.25, 0.3) is 5.84 Å². The molecule has 2 aliphatic heterocycles. The molecule has 2 heterocycles. The largest absolute Gasteiger partial charge is 0.384 e. The minimum Gasteiger partial charge on any atom is -0.384 e. The Hall–Kier alpha value is -1.25. The molecule has 3 heteroatoms. The molecule has 0 saturated carbocycles. The molecule has 2 rings (SSSR count). The van der Waals surface area contributed by atoms with Crippen LogP contribution in [0.3, 0.4) is 0 Å². The first-order chi connectivity index (χ1) is 5.88. The van der Waals surface area contributed by atoms with Crippen LogP contribution in [0, 0.1) is 0 Å². The Bertz CT molecular complexity index is 237. The van der Waals surface area contributed by atoms with Crippen molar-refractivity contribution in [2.24, 2.45) is 0 Å². The van der Waals surface area contributed by atoms with Gasteiger partial charge in [0.15, 0.2) is 0 Å². The molecule has 0 spiro atoms. The van der Waals surface area contributed by atoms with Crippen molar-refractivity contribution in [1.29, 1.82) is 0 Å². The lowest BCUT2D eigenvalue weighted by molar-refractivity contribution is -0.444. The first-order valence-corrected chi connectivity index (χ1v) is 4.36. The molecule has 0 amide bonds. The fourth-order valence-electron chi connectivity index (χ4n) is 1.51. The Morgan fingerprint density at radius 2 is 2.33 bits per heavy atom. The molecule has 0 saturated heterocycles. The highest BCUT2D eigenvalue weighted by Gasteiger charge is 2.20. The summed E-state index contributed by atoms with van der Waals surface area (Å²) in [7, 11) is 0. The van der Waals surface area contributed by atoms with Crippen molar-refractivity contribution >= 4 is 5.84 Å². The van der Waals surface area contributed by atoms with E-state index in [2.05, 4.69) is 28.3 Å². The number of nitrogens with one attached hydrogen (secondary N) is 3. The lowest BCUT2D eigenvalue weighted by Crippen LogP contribution is -2.71. The van der Waals surface area contributed by atoms with E-state index in [0.29, 0.717) is 0 Å². The Labute approximate surface area is 72.3 Å². The summed E-state index contributed by atoms with van der Waals surface area (Å²) in [6, 6.07) is 0. The quantitative estimate of drug-likeness (QED) is 0.465. The zero-order valence-electron chi connectivity index (χ0n) is 7.11. The van der Waals surface area contributed by atoms with Crippen LogP contribution in [0.15, 0.2) is 23.9 Å². The molecule has 0 aromatic carbocycles. The van der Waals surface area contributed by atoms with Crippen LogP contribution in [-0.2, 0) is 0 Å². The second-order valence-electron chi connectivity index (χ2n) is 3.04. The maximum absolute atomic E-state index is 4.03. The van der Waals surface area contributed by atoms with E-state index in [1.165, 1.54) is 5.70 Å². The summed E-state index contributed by atoms with van der Waals surface area (Å²) in [6.45, 7) is 7.07. The van der Waals surface area contributed by atoms with Crippen LogP contribution in [0.2, 0.25) is 0 Å². The first kappa shape index (κ1) is 7.40. The molecule has 3 nitrogen and oxygen atoms in total. The fraction of sp³-hybridized carbons (Fsp3) is 0.444. The van der Waals surface area contributed by atoms with Gasteiger partial charge in [0.1, 0.15) is 13.1 Å². The topological polar surface area (TPSA) is 38.0 Å². The fourth-order valence-corrected chi connectivity index (χ4v) is 1.51. The second kappa shape index (κ2) is 3.01. The molecular formula is C9H14N3+. The smallest absolute Gasteiger partial charge is 0.276 e. The minimum absolute atomic E-state index is 1.00. The Morgan fingerprint density at radius 1 is 1.42 bits per heavy atom. The maximum atomic E-state index is 4.03. The van der Waals surface area contributed by atoms with Crippen molar-refractivity contribution < 1.29 is 4.99 Å². The van der Waals surface area contributed by atoms with Crippen LogP contribution in [0.4, 0.5) is 0 Å². The van der Waals surface area contributed by atoms with Gasteiger partial charge in [0.05, 0.1) is 5.57 Å². The molecule has 0 atom stereocenters. The summed E-state index contributed by atoms with van der Waals surface area (Å²) in [5, 5.41) is 6.55. The van der Waals surface area contributed by atoms with E-state index >= 15 is 0 Å². The van der Waals surface area contributed by atoms with Crippen LogP contribution < -0.4 is 15.6 Å². The van der Waals surface area contributed by atoms with E-state index in [4.69, 9.17) is 0 Å². The highest BCUT2D eigenvalue weighted by molar-refractivity contribution is 5.97. The summed E-state index contributed by atoms with van der Waals surface area (Å²) in [6.07, 6.45) is 3.30. The van der Waals surface area contributed by atoms with E-state index in [9.17, 15) is 0 Å². The van der Waals surface area contributed by atoms with Crippen LogP contribution in [0.1, 0.15) is 6.42 Å². The SMILES string of the molecule is C=C(C1=CCCN1)C1=[NH+]CCN1. The zero-order valence-corrected chi connectivity index (χ0v) is 7.11. The highest BCUT2D eigenvalue weighted by atomic mass is 15.1. The molecule has 0 unspecified atom stereocenters. The van der Waals surface area contributed by atoms with E-state index in [1.54, 1.807) is 0 Å².